The number of carboxylic acid groups (broad SMARTS) is 1. The summed E-state index contributed by atoms with van der Waals surface area (Å²) in [4.78, 5) is 37.0. The molecule has 0 aromatic rings. The second-order valence-corrected chi connectivity index (χ2v) is 6.79. The van der Waals surface area contributed by atoms with Gasteiger partial charge in [0.15, 0.2) is 0 Å². The van der Waals surface area contributed by atoms with E-state index >= 15 is 0 Å². The number of rotatable bonds is 6. The van der Waals surface area contributed by atoms with Crippen molar-refractivity contribution in [2.24, 2.45) is 17.8 Å². The molecule has 3 N–H and O–H groups in total. The topological polar surface area (TPSA) is 98.7 Å². The molecule has 1 fully saturated rings. The maximum absolute atomic E-state index is 12.3. The summed E-state index contributed by atoms with van der Waals surface area (Å²) < 4.78 is 0. The van der Waals surface area contributed by atoms with E-state index in [-0.39, 0.29) is 17.9 Å². The van der Waals surface area contributed by atoms with E-state index in [2.05, 4.69) is 10.6 Å². The number of carbonyl (C=O) groups is 3. The Bertz CT molecular complexity index is 439. The Labute approximate surface area is 137 Å². The smallest absolute Gasteiger partial charge is 0.317 e. The highest BCUT2D eigenvalue weighted by Crippen LogP contribution is 2.17. The first kappa shape index (κ1) is 19.3. The maximum Gasteiger partial charge on any atom is 0.317 e. The third kappa shape index (κ3) is 6.08. The number of nitrogens with one attached hydrogen (secondary N) is 2. The molecule has 7 heteroatoms. The summed E-state index contributed by atoms with van der Waals surface area (Å²) >= 11 is 0. The van der Waals surface area contributed by atoms with Crippen molar-refractivity contribution in [3.8, 4) is 0 Å². The standard InChI is InChI=1S/C16H29N3O4/c1-10(2)8-17-16(23)19-7-5-6-13(9-19)14(20)18-12(4)11(3)15(21)22/h10-13H,5-9H2,1-4H3,(H,17,23)(H,18,20)(H,21,22). The lowest BCUT2D eigenvalue weighted by molar-refractivity contribution is -0.142. The van der Waals surface area contributed by atoms with E-state index in [1.54, 1.807) is 18.7 Å². The lowest BCUT2D eigenvalue weighted by Crippen LogP contribution is -2.51. The zero-order chi connectivity index (χ0) is 17.6. The summed E-state index contributed by atoms with van der Waals surface area (Å²) in [6.07, 6.45) is 1.49. The number of aliphatic carboxylic acids is 1. The van der Waals surface area contributed by atoms with Crippen LogP contribution in [-0.2, 0) is 9.59 Å². The van der Waals surface area contributed by atoms with Crippen molar-refractivity contribution in [1.82, 2.24) is 15.5 Å². The number of urea groups is 1. The van der Waals surface area contributed by atoms with Gasteiger partial charge in [0.25, 0.3) is 0 Å². The molecule has 132 valence electrons. The molecule has 0 saturated carbocycles. The van der Waals surface area contributed by atoms with Crippen LogP contribution >= 0.6 is 0 Å². The molecule has 1 saturated heterocycles. The van der Waals surface area contributed by atoms with Crippen LogP contribution < -0.4 is 10.6 Å². The molecule has 0 spiro atoms. The number of amides is 3. The molecule has 0 bridgehead atoms. The quantitative estimate of drug-likeness (QED) is 0.684. The maximum atomic E-state index is 12.3. The summed E-state index contributed by atoms with van der Waals surface area (Å²) in [5.74, 6) is -1.66. The van der Waals surface area contributed by atoms with Crippen molar-refractivity contribution in [2.75, 3.05) is 19.6 Å². The Morgan fingerprint density at radius 3 is 2.43 bits per heavy atom. The van der Waals surface area contributed by atoms with Crippen LogP contribution in [0.3, 0.4) is 0 Å². The third-order valence-electron chi connectivity index (χ3n) is 4.25. The Kier molecular flexibility index (Phi) is 7.32. The molecule has 7 nitrogen and oxygen atoms in total. The van der Waals surface area contributed by atoms with Gasteiger partial charge < -0.3 is 20.6 Å². The molecule has 3 unspecified atom stereocenters. The van der Waals surface area contributed by atoms with Gasteiger partial charge in [-0.05, 0) is 32.6 Å². The van der Waals surface area contributed by atoms with Gasteiger partial charge in [0, 0.05) is 25.7 Å². The van der Waals surface area contributed by atoms with E-state index in [0.29, 0.717) is 32.0 Å². The minimum absolute atomic E-state index is 0.136. The minimum Gasteiger partial charge on any atom is -0.481 e. The molecule has 3 atom stereocenters. The average Bonchev–Trinajstić information content (AvgIpc) is 2.51. The molecule has 1 rings (SSSR count). The monoisotopic (exact) mass is 327 g/mol. The van der Waals surface area contributed by atoms with Crippen LogP contribution in [0, 0.1) is 17.8 Å². The Morgan fingerprint density at radius 2 is 1.87 bits per heavy atom. The van der Waals surface area contributed by atoms with E-state index in [9.17, 15) is 14.4 Å². The van der Waals surface area contributed by atoms with Gasteiger partial charge in [0.05, 0.1) is 11.8 Å². The second-order valence-electron chi connectivity index (χ2n) is 6.79. The zero-order valence-corrected chi connectivity index (χ0v) is 14.5. The van der Waals surface area contributed by atoms with Crippen LogP contribution in [0.2, 0.25) is 0 Å². The predicted molar refractivity (Wildman–Crippen MR) is 86.9 cm³/mol. The summed E-state index contributed by atoms with van der Waals surface area (Å²) in [5.41, 5.74) is 0. The van der Waals surface area contributed by atoms with E-state index in [0.717, 1.165) is 6.42 Å². The van der Waals surface area contributed by atoms with Gasteiger partial charge >= 0.3 is 12.0 Å². The zero-order valence-electron chi connectivity index (χ0n) is 14.5. The number of piperidine rings is 1. The number of carboxylic acids is 1. The fourth-order valence-corrected chi connectivity index (χ4v) is 2.46. The van der Waals surface area contributed by atoms with Crippen molar-refractivity contribution in [1.29, 1.82) is 0 Å². The van der Waals surface area contributed by atoms with Gasteiger partial charge in [-0.2, -0.15) is 0 Å². The minimum atomic E-state index is -0.934. The van der Waals surface area contributed by atoms with Crippen LogP contribution in [-0.4, -0.2) is 53.6 Å². The largest absolute Gasteiger partial charge is 0.481 e. The molecule has 0 aromatic carbocycles. The molecular formula is C16H29N3O4. The van der Waals surface area contributed by atoms with Gasteiger partial charge in [-0.1, -0.05) is 13.8 Å². The first-order valence-corrected chi connectivity index (χ1v) is 8.28. The number of hydrogen-bond acceptors (Lipinski definition) is 3. The average molecular weight is 327 g/mol. The fourth-order valence-electron chi connectivity index (χ4n) is 2.46. The van der Waals surface area contributed by atoms with Crippen LogP contribution in [0.1, 0.15) is 40.5 Å². The lowest BCUT2D eigenvalue weighted by Gasteiger charge is -2.33. The fraction of sp³-hybridized carbons (Fsp3) is 0.812. The van der Waals surface area contributed by atoms with Gasteiger partial charge in [-0.3, -0.25) is 9.59 Å². The van der Waals surface area contributed by atoms with Crippen molar-refractivity contribution < 1.29 is 19.5 Å². The molecule has 0 aromatic heterocycles. The lowest BCUT2D eigenvalue weighted by atomic mass is 9.96. The van der Waals surface area contributed by atoms with Gasteiger partial charge in [-0.25, -0.2) is 4.79 Å². The van der Waals surface area contributed by atoms with Crippen molar-refractivity contribution >= 4 is 17.9 Å². The number of carbonyl (C=O) groups excluding carboxylic acids is 2. The van der Waals surface area contributed by atoms with Crippen LogP contribution in [0.25, 0.3) is 0 Å². The molecule has 0 radical (unpaired) electrons. The van der Waals surface area contributed by atoms with E-state index in [1.165, 1.54) is 0 Å². The Hall–Kier alpha value is -1.79. The van der Waals surface area contributed by atoms with Crippen molar-refractivity contribution in [3.05, 3.63) is 0 Å². The van der Waals surface area contributed by atoms with Crippen molar-refractivity contribution in [2.45, 2.75) is 46.6 Å². The molecule has 1 aliphatic rings. The number of likely N-dealkylation sites (tertiary alicyclic amines) is 1. The van der Waals surface area contributed by atoms with Crippen LogP contribution in [0.15, 0.2) is 0 Å². The normalized spacial score (nSPS) is 20.7. The predicted octanol–water partition coefficient (Wildman–Crippen LogP) is 1.29. The van der Waals surface area contributed by atoms with Gasteiger partial charge in [0.1, 0.15) is 0 Å². The Balaban J connectivity index is 2.52. The SMILES string of the molecule is CC(C)CNC(=O)N1CCCC(C(=O)NC(C)C(C)C(=O)O)C1. The first-order chi connectivity index (χ1) is 10.7. The summed E-state index contributed by atoms with van der Waals surface area (Å²) in [7, 11) is 0. The summed E-state index contributed by atoms with van der Waals surface area (Å²) in [6.45, 7) is 8.94. The van der Waals surface area contributed by atoms with Crippen molar-refractivity contribution in [3.63, 3.8) is 0 Å². The number of hydrogen-bond donors (Lipinski definition) is 3. The second kappa shape index (κ2) is 8.74. The molecule has 23 heavy (non-hydrogen) atoms. The first-order valence-electron chi connectivity index (χ1n) is 8.28. The molecule has 1 heterocycles. The van der Waals surface area contributed by atoms with Gasteiger partial charge in [0.2, 0.25) is 5.91 Å². The summed E-state index contributed by atoms with van der Waals surface area (Å²) in [6, 6.07) is -0.576. The van der Waals surface area contributed by atoms with Crippen LogP contribution in [0.4, 0.5) is 4.79 Å². The molecule has 1 aliphatic heterocycles. The van der Waals surface area contributed by atoms with E-state index < -0.39 is 17.9 Å². The van der Waals surface area contributed by atoms with Crippen LogP contribution in [0.5, 0.6) is 0 Å². The van der Waals surface area contributed by atoms with E-state index in [1.807, 2.05) is 13.8 Å². The van der Waals surface area contributed by atoms with E-state index in [4.69, 9.17) is 5.11 Å². The Morgan fingerprint density at radius 1 is 1.22 bits per heavy atom. The van der Waals surface area contributed by atoms with Gasteiger partial charge in [-0.15, -0.1) is 0 Å². The highest BCUT2D eigenvalue weighted by atomic mass is 16.4. The third-order valence-corrected chi connectivity index (χ3v) is 4.25. The molecule has 0 aliphatic carbocycles. The highest BCUT2D eigenvalue weighted by Gasteiger charge is 2.30. The number of nitrogens with zero attached hydrogens (tertiary/aromatic N) is 1. The summed E-state index contributed by atoms with van der Waals surface area (Å²) in [5, 5.41) is 14.6. The molecular weight excluding hydrogens is 298 g/mol. The molecule has 3 amide bonds. The highest BCUT2D eigenvalue weighted by molar-refractivity contribution is 5.82.